The Labute approximate surface area is 137 Å². The molecule has 120 valence electrons. The molecule has 1 atom stereocenters. The summed E-state index contributed by atoms with van der Waals surface area (Å²) in [6.45, 7) is 2.94. The average Bonchev–Trinajstić information content (AvgIpc) is 3.05. The lowest BCUT2D eigenvalue weighted by atomic mass is 10.0. The molecular weight excluding hydrogens is 286 g/mol. The molecular formula is C20H23NO2. The second-order valence-electron chi connectivity index (χ2n) is 6.15. The average molecular weight is 309 g/mol. The zero-order chi connectivity index (χ0) is 16.2. The highest BCUT2D eigenvalue weighted by Gasteiger charge is 2.30. The Kier molecular flexibility index (Phi) is 4.65. The molecule has 2 aromatic carbocycles. The lowest BCUT2D eigenvalue weighted by molar-refractivity contribution is -0.131. The third-order valence-electron chi connectivity index (χ3n) is 4.53. The van der Waals surface area contributed by atoms with Gasteiger partial charge in [0.25, 0.3) is 0 Å². The number of hydrogen-bond donors (Lipinski definition) is 0. The van der Waals surface area contributed by atoms with E-state index in [1.165, 1.54) is 11.1 Å². The van der Waals surface area contributed by atoms with E-state index in [-0.39, 0.29) is 11.9 Å². The highest BCUT2D eigenvalue weighted by Crippen LogP contribution is 2.33. The number of carbonyl (C=O) groups is 1. The lowest BCUT2D eigenvalue weighted by Crippen LogP contribution is -2.32. The van der Waals surface area contributed by atoms with Gasteiger partial charge in [-0.15, -0.1) is 0 Å². The molecule has 23 heavy (non-hydrogen) atoms. The van der Waals surface area contributed by atoms with Gasteiger partial charge in [-0.05, 0) is 31.4 Å². The van der Waals surface area contributed by atoms with Crippen LogP contribution in [-0.2, 0) is 11.2 Å². The maximum absolute atomic E-state index is 12.8. The number of para-hydroxylation sites is 1. The van der Waals surface area contributed by atoms with Crippen molar-refractivity contribution in [1.82, 2.24) is 4.90 Å². The van der Waals surface area contributed by atoms with Crippen molar-refractivity contribution in [2.75, 3.05) is 13.7 Å². The molecule has 0 bridgehead atoms. The third kappa shape index (κ3) is 3.39. The number of likely N-dealkylation sites (tertiary alicyclic amines) is 1. The van der Waals surface area contributed by atoms with Crippen LogP contribution in [0.3, 0.4) is 0 Å². The monoisotopic (exact) mass is 309 g/mol. The molecule has 1 aliphatic heterocycles. The van der Waals surface area contributed by atoms with Crippen molar-refractivity contribution in [2.24, 2.45) is 0 Å². The SMILES string of the molecule is COc1ccccc1CC(=O)N1CCC[C@@H]1c1cccc(C)c1. The van der Waals surface area contributed by atoms with Crippen LogP contribution in [0.1, 0.15) is 35.6 Å². The quantitative estimate of drug-likeness (QED) is 0.857. The van der Waals surface area contributed by atoms with Crippen LogP contribution in [0, 0.1) is 6.92 Å². The molecule has 0 unspecified atom stereocenters. The Morgan fingerprint density at radius 1 is 1.22 bits per heavy atom. The Morgan fingerprint density at radius 2 is 2.04 bits per heavy atom. The highest BCUT2D eigenvalue weighted by atomic mass is 16.5. The number of hydrogen-bond acceptors (Lipinski definition) is 2. The molecule has 2 aromatic rings. The first kappa shape index (κ1) is 15.6. The summed E-state index contributed by atoms with van der Waals surface area (Å²) in [6, 6.07) is 16.5. The van der Waals surface area contributed by atoms with Crippen molar-refractivity contribution in [3.8, 4) is 5.75 Å². The molecule has 0 N–H and O–H groups in total. The highest BCUT2D eigenvalue weighted by molar-refractivity contribution is 5.80. The summed E-state index contributed by atoms with van der Waals surface area (Å²) in [5.41, 5.74) is 3.44. The molecule has 0 spiro atoms. The van der Waals surface area contributed by atoms with E-state index < -0.39 is 0 Å². The molecule has 1 aliphatic rings. The number of rotatable bonds is 4. The van der Waals surface area contributed by atoms with E-state index in [1.54, 1.807) is 7.11 Å². The Hall–Kier alpha value is -2.29. The van der Waals surface area contributed by atoms with Crippen LogP contribution < -0.4 is 4.74 Å². The molecule has 1 fully saturated rings. The van der Waals surface area contributed by atoms with Crippen LogP contribution in [0.5, 0.6) is 5.75 Å². The summed E-state index contributed by atoms with van der Waals surface area (Å²) >= 11 is 0. The summed E-state index contributed by atoms with van der Waals surface area (Å²) in [5.74, 6) is 0.964. The number of aryl methyl sites for hydroxylation is 1. The topological polar surface area (TPSA) is 29.5 Å². The summed E-state index contributed by atoms with van der Waals surface area (Å²) in [7, 11) is 1.65. The zero-order valence-electron chi connectivity index (χ0n) is 13.8. The van der Waals surface area contributed by atoms with E-state index in [2.05, 4.69) is 31.2 Å². The number of benzene rings is 2. The molecule has 0 saturated carbocycles. The van der Waals surface area contributed by atoms with Crippen LogP contribution in [0.2, 0.25) is 0 Å². The largest absolute Gasteiger partial charge is 0.496 e. The van der Waals surface area contributed by atoms with E-state index in [0.29, 0.717) is 6.42 Å². The van der Waals surface area contributed by atoms with E-state index in [9.17, 15) is 4.79 Å². The Balaban J connectivity index is 1.78. The maximum Gasteiger partial charge on any atom is 0.227 e. The molecule has 1 amide bonds. The molecule has 0 aliphatic carbocycles. The normalized spacial score (nSPS) is 17.3. The smallest absolute Gasteiger partial charge is 0.227 e. The van der Waals surface area contributed by atoms with Crippen LogP contribution in [0.4, 0.5) is 0 Å². The van der Waals surface area contributed by atoms with Gasteiger partial charge in [-0.3, -0.25) is 4.79 Å². The van der Waals surface area contributed by atoms with Gasteiger partial charge in [-0.25, -0.2) is 0 Å². The first-order chi connectivity index (χ1) is 11.2. The van der Waals surface area contributed by atoms with Gasteiger partial charge in [0.15, 0.2) is 0 Å². The number of ether oxygens (including phenoxy) is 1. The van der Waals surface area contributed by atoms with Crippen molar-refractivity contribution in [1.29, 1.82) is 0 Å². The van der Waals surface area contributed by atoms with Gasteiger partial charge in [-0.2, -0.15) is 0 Å². The van der Waals surface area contributed by atoms with E-state index in [0.717, 1.165) is 30.7 Å². The van der Waals surface area contributed by atoms with Crippen LogP contribution in [0.15, 0.2) is 48.5 Å². The fourth-order valence-electron chi connectivity index (χ4n) is 3.40. The molecule has 3 rings (SSSR count). The first-order valence-electron chi connectivity index (χ1n) is 8.17. The van der Waals surface area contributed by atoms with Gasteiger partial charge in [0, 0.05) is 12.1 Å². The molecule has 3 heteroatoms. The van der Waals surface area contributed by atoms with Gasteiger partial charge < -0.3 is 9.64 Å². The van der Waals surface area contributed by atoms with E-state index >= 15 is 0 Å². The molecule has 0 aromatic heterocycles. The second-order valence-corrected chi connectivity index (χ2v) is 6.15. The molecule has 0 radical (unpaired) electrons. The number of carbonyl (C=O) groups excluding carboxylic acids is 1. The van der Waals surface area contributed by atoms with E-state index in [4.69, 9.17) is 4.74 Å². The van der Waals surface area contributed by atoms with Gasteiger partial charge in [0.2, 0.25) is 5.91 Å². The van der Waals surface area contributed by atoms with Crippen LogP contribution in [-0.4, -0.2) is 24.5 Å². The standard InChI is InChI=1S/C20H23NO2/c1-15-7-5-9-16(13-15)18-10-6-12-21(18)20(22)14-17-8-3-4-11-19(17)23-2/h3-5,7-9,11,13,18H,6,10,12,14H2,1-2H3/t18-/m1/s1. The summed E-state index contributed by atoms with van der Waals surface area (Å²) in [4.78, 5) is 14.9. The number of methoxy groups -OCH3 is 1. The maximum atomic E-state index is 12.8. The van der Waals surface area contributed by atoms with Crippen LogP contribution in [0.25, 0.3) is 0 Å². The van der Waals surface area contributed by atoms with Gasteiger partial charge in [-0.1, -0.05) is 48.0 Å². The molecule has 3 nitrogen and oxygen atoms in total. The lowest BCUT2D eigenvalue weighted by Gasteiger charge is -2.26. The number of nitrogens with zero attached hydrogens (tertiary/aromatic N) is 1. The predicted octanol–water partition coefficient (Wildman–Crippen LogP) is 3.91. The minimum Gasteiger partial charge on any atom is -0.496 e. The third-order valence-corrected chi connectivity index (χ3v) is 4.53. The fourth-order valence-corrected chi connectivity index (χ4v) is 3.40. The van der Waals surface area contributed by atoms with Gasteiger partial charge in [0.05, 0.1) is 19.6 Å². The van der Waals surface area contributed by atoms with Crippen molar-refractivity contribution >= 4 is 5.91 Å². The number of amides is 1. The van der Waals surface area contributed by atoms with Gasteiger partial charge >= 0.3 is 0 Å². The van der Waals surface area contributed by atoms with Crippen molar-refractivity contribution in [2.45, 2.75) is 32.2 Å². The first-order valence-corrected chi connectivity index (χ1v) is 8.17. The molecule has 1 heterocycles. The predicted molar refractivity (Wildman–Crippen MR) is 91.6 cm³/mol. The summed E-state index contributed by atoms with van der Waals surface area (Å²) < 4.78 is 5.37. The second kappa shape index (κ2) is 6.86. The van der Waals surface area contributed by atoms with Crippen molar-refractivity contribution in [3.63, 3.8) is 0 Å². The van der Waals surface area contributed by atoms with Crippen molar-refractivity contribution in [3.05, 3.63) is 65.2 Å². The van der Waals surface area contributed by atoms with Crippen LogP contribution >= 0.6 is 0 Å². The minimum absolute atomic E-state index is 0.179. The zero-order valence-corrected chi connectivity index (χ0v) is 13.8. The minimum atomic E-state index is 0.179. The summed E-state index contributed by atoms with van der Waals surface area (Å²) in [5, 5.41) is 0. The Bertz CT molecular complexity index is 696. The van der Waals surface area contributed by atoms with Crippen molar-refractivity contribution < 1.29 is 9.53 Å². The van der Waals surface area contributed by atoms with Gasteiger partial charge in [0.1, 0.15) is 5.75 Å². The van der Waals surface area contributed by atoms with E-state index in [1.807, 2.05) is 29.2 Å². The fraction of sp³-hybridized carbons (Fsp3) is 0.350. The molecule has 1 saturated heterocycles. The Morgan fingerprint density at radius 3 is 2.83 bits per heavy atom. The summed E-state index contributed by atoms with van der Waals surface area (Å²) in [6.07, 6.45) is 2.50.